The molecule has 0 bridgehead atoms. The molecule has 1 aliphatic rings. The Hall–Kier alpha value is -1.40. The van der Waals surface area contributed by atoms with Gasteiger partial charge < -0.3 is 10.5 Å². The van der Waals surface area contributed by atoms with Crippen molar-refractivity contribution in [2.75, 3.05) is 13.7 Å². The minimum absolute atomic E-state index is 0.177. The quantitative estimate of drug-likeness (QED) is 0.884. The maximum Gasteiger partial charge on any atom is 0.183 e. The van der Waals surface area contributed by atoms with Crippen LogP contribution in [0, 0.1) is 6.92 Å². The smallest absolute Gasteiger partial charge is 0.183 e. The highest BCUT2D eigenvalue weighted by Gasteiger charge is 2.69. The van der Waals surface area contributed by atoms with E-state index in [-0.39, 0.29) is 12.5 Å². The molecule has 0 heterocycles. The molecule has 0 radical (unpaired) electrons. The lowest BCUT2D eigenvalue weighted by molar-refractivity contribution is 0.171. The van der Waals surface area contributed by atoms with Crippen molar-refractivity contribution in [1.82, 2.24) is 0 Å². The SMILES string of the molecule is COC[C@]1(N)[C@@H](c2ccc(Cl)cc2)[C@@H]1S(=O)(=O)c1ccc(C)cc1. The minimum atomic E-state index is -3.56. The maximum absolute atomic E-state index is 13.1. The molecule has 128 valence electrons. The van der Waals surface area contributed by atoms with Gasteiger partial charge in [-0.1, -0.05) is 41.4 Å². The van der Waals surface area contributed by atoms with Gasteiger partial charge in [-0.2, -0.15) is 0 Å². The van der Waals surface area contributed by atoms with E-state index in [1.54, 1.807) is 36.4 Å². The molecule has 2 N–H and O–H groups in total. The number of methoxy groups -OCH3 is 1. The van der Waals surface area contributed by atoms with Crippen LogP contribution in [0.1, 0.15) is 17.0 Å². The van der Waals surface area contributed by atoms with Gasteiger partial charge in [-0.3, -0.25) is 0 Å². The molecule has 2 aromatic carbocycles. The third kappa shape index (κ3) is 2.86. The summed E-state index contributed by atoms with van der Waals surface area (Å²) >= 11 is 5.93. The van der Waals surface area contributed by atoms with Gasteiger partial charge >= 0.3 is 0 Å². The summed E-state index contributed by atoms with van der Waals surface area (Å²) in [6, 6.07) is 14.0. The van der Waals surface area contributed by atoms with E-state index in [0.717, 1.165) is 11.1 Å². The topological polar surface area (TPSA) is 69.4 Å². The van der Waals surface area contributed by atoms with E-state index in [2.05, 4.69) is 0 Å². The molecule has 0 spiro atoms. The van der Waals surface area contributed by atoms with Crippen LogP contribution in [-0.2, 0) is 14.6 Å². The van der Waals surface area contributed by atoms with Gasteiger partial charge in [-0.05, 0) is 36.8 Å². The molecule has 3 rings (SSSR count). The third-order valence-electron chi connectivity index (χ3n) is 4.61. The van der Waals surface area contributed by atoms with Crippen molar-refractivity contribution >= 4 is 21.4 Å². The van der Waals surface area contributed by atoms with Crippen LogP contribution in [0.4, 0.5) is 0 Å². The van der Waals surface area contributed by atoms with Crippen molar-refractivity contribution in [3.63, 3.8) is 0 Å². The Morgan fingerprint density at radius 1 is 1.12 bits per heavy atom. The molecule has 3 atom stereocenters. The lowest BCUT2D eigenvalue weighted by Gasteiger charge is -2.11. The molecule has 1 fully saturated rings. The highest BCUT2D eigenvalue weighted by atomic mass is 35.5. The molecule has 1 aliphatic carbocycles. The van der Waals surface area contributed by atoms with Crippen LogP contribution in [0.25, 0.3) is 0 Å². The Labute approximate surface area is 147 Å². The van der Waals surface area contributed by atoms with E-state index in [1.807, 2.05) is 19.1 Å². The van der Waals surface area contributed by atoms with Crippen molar-refractivity contribution in [2.45, 2.75) is 28.5 Å². The van der Waals surface area contributed by atoms with Crippen molar-refractivity contribution in [2.24, 2.45) is 5.73 Å². The Kier molecular flexibility index (Phi) is 4.47. The van der Waals surface area contributed by atoms with Crippen molar-refractivity contribution in [1.29, 1.82) is 0 Å². The summed E-state index contributed by atoms with van der Waals surface area (Å²) in [4.78, 5) is 0.292. The Morgan fingerprint density at radius 2 is 1.71 bits per heavy atom. The largest absolute Gasteiger partial charge is 0.383 e. The highest BCUT2D eigenvalue weighted by Crippen LogP contribution is 2.55. The van der Waals surface area contributed by atoms with Crippen molar-refractivity contribution in [3.8, 4) is 0 Å². The van der Waals surface area contributed by atoms with Crippen LogP contribution in [0.5, 0.6) is 0 Å². The summed E-state index contributed by atoms with van der Waals surface area (Å²) in [6.45, 7) is 2.10. The number of ether oxygens (including phenoxy) is 1. The standard InChI is InChI=1S/C18H20ClNO3S/c1-12-3-9-15(10-4-12)24(21,22)17-16(18(17,20)11-23-2)13-5-7-14(19)8-6-13/h3-10,16-17H,11,20H2,1-2H3/t16-,17-,18-/m0/s1. The highest BCUT2D eigenvalue weighted by molar-refractivity contribution is 7.92. The fraction of sp³-hybridized carbons (Fsp3) is 0.333. The third-order valence-corrected chi connectivity index (χ3v) is 7.17. The second-order valence-electron chi connectivity index (χ2n) is 6.35. The molecule has 0 amide bonds. The molecule has 24 heavy (non-hydrogen) atoms. The van der Waals surface area contributed by atoms with Crippen LogP contribution < -0.4 is 5.73 Å². The zero-order chi connectivity index (χ0) is 17.5. The van der Waals surface area contributed by atoms with E-state index < -0.39 is 20.6 Å². The van der Waals surface area contributed by atoms with Gasteiger partial charge in [0.25, 0.3) is 0 Å². The summed E-state index contributed by atoms with van der Waals surface area (Å²) in [7, 11) is -2.03. The molecule has 0 aromatic heterocycles. The van der Waals surface area contributed by atoms with Crippen LogP contribution in [0.2, 0.25) is 5.02 Å². The summed E-state index contributed by atoms with van der Waals surface area (Å²) in [5.41, 5.74) is 7.36. The van der Waals surface area contributed by atoms with Gasteiger partial charge in [0, 0.05) is 18.1 Å². The first-order valence-corrected chi connectivity index (χ1v) is 9.57. The fourth-order valence-electron chi connectivity index (χ4n) is 3.34. The number of sulfone groups is 1. The number of hydrogen-bond acceptors (Lipinski definition) is 4. The predicted octanol–water partition coefficient (Wildman–Crippen LogP) is 2.93. The Balaban J connectivity index is 2.01. The average molecular weight is 366 g/mol. The molecule has 4 nitrogen and oxygen atoms in total. The van der Waals surface area contributed by atoms with Crippen LogP contribution in [0.3, 0.4) is 0 Å². The van der Waals surface area contributed by atoms with Gasteiger partial charge in [0.2, 0.25) is 0 Å². The summed E-state index contributed by atoms with van der Waals surface area (Å²) in [5.74, 6) is -0.319. The Bertz CT molecular complexity index is 834. The number of hydrogen-bond donors (Lipinski definition) is 1. The van der Waals surface area contributed by atoms with Crippen LogP contribution in [-0.4, -0.2) is 32.9 Å². The van der Waals surface area contributed by atoms with Gasteiger partial charge in [0.1, 0.15) is 0 Å². The number of nitrogens with two attached hydrogens (primary N) is 1. The van der Waals surface area contributed by atoms with Gasteiger partial charge in [0.05, 0.1) is 22.3 Å². The molecule has 0 saturated heterocycles. The Morgan fingerprint density at radius 3 is 2.25 bits per heavy atom. The van der Waals surface area contributed by atoms with Gasteiger partial charge in [0.15, 0.2) is 9.84 Å². The molecule has 1 saturated carbocycles. The van der Waals surface area contributed by atoms with E-state index in [0.29, 0.717) is 9.92 Å². The van der Waals surface area contributed by atoms with E-state index in [1.165, 1.54) is 7.11 Å². The normalized spacial score (nSPS) is 26.3. The molecule has 0 unspecified atom stereocenters. The van der Waals surface area contributed by atoms with Crippen molar-refractivity contribution < 1.29 is 13.2 Å². The zero-order valence-electron chi connectivity index (χ0n) is 13.6. The average Bonchev–Trinajstić information content (AvgIpc) is 3.15. The molecule has 6 heteroatoms. The monoisotopic (exact) mass is 365 g/mol. The number of aryl methyl sites for hydroxylation is 1. The molecule has 0 aliphatic heterocycles. The molecular weight excluding hydrogens is 346 g/mol. The first-order valence-electron chi connectivity index (χ1n) is 7.64. The first kappa shape index (κ1) is 17.4. The van der Waals surface area contributed by atoms with Crippen molar-refractivity contribution in [3.05, 3.63) is 64.7 Å². The predicted molar refractivity (Wildman–Crippen MR) is 95.1 cm³/mol. The maximum atomic E-state index is 13.1. The number of rotatable bonds is 5. The minimum Gasteiger partial charge on any atom is -0.383 e. The van der Waals surface area contributed by atoms with E-state index >= 15 is 0 Å². The summed E-state index contributed by atoms with van der Waals surface area (Å²) in [6.07, 6.45) is 0. The van der Waals surface area contributed by atoms with Crippen LogP contribution >= 0.6 is 11.6 Å². The first-order chi connectivity index (χ1) is 11.3. The fourth-order valence-corrected chi connectivity index (χ4v) is 5.76. The number of halogens is 1. The number of benzene rings is 2. The lowest BCUT2D eigenvalue weighted by atomic mass is 10.1. The van der Waals surface area contributed by atoms with Crippen LogP contribution in [0.15, 0.2) is 53.4 Å². The van der Waals surface area contributed by atoms with E-state index in [4.69, 9.17) is 22.1 Å². The second kappa shape index (κ2) is 6.15. The lowest BCUT2D eigenvalue weighted by Crippen LogP contribution is -2.35. The molecular formula is C18H20ClNO3S. The summed E-state index contributed by atoms with van der Waals surface area (Å²) in [5, 5.41) is -0.111. The zero-order valence-corrected chi connectivity index (χ0v) is 15.1. The second-order valence-corrected chi connectivity index (χ2v) is 8.86. The van der Waals surface area contributed by atoms with E-state index in [9.17, 15) is 8.42 Å². The molecule has 2 aromatic rings. The van der Waals surface area contributed by atoms with Gasteiger partial charge in [-0.25, -0.2) is 8.42 Å². The van der Waals surface area contributed by atoms with Gasteiger partial charge in [-0.15, -0.1) is 0 Å². The summed E-state index contributed by atoms with van der Waals surface area (Å²) < 4.78 is 31.4.